The molecule has 19 heavy (non-hydrogen) atoms. The highest BCUT2D eigenvalue weighted by Gasteiger charge is 2.20. The largest absolute Gasteiger partial charge is 0.340 e. The fourth-order valence-electron chi connectivity index (χ4n) is 2.31. The van der Waals surface area contributed by atoms with Gasteiger partial charge in [-0.1, -0.05) is 6.92 Å². The van der Waals surface area contributed by atoms with Gasteiger partial charge in [-0.15, -0.1) is 0 Å². The monoisotopic (exact) mass is 325 g/mol. The van der Waals surface area contributed by atoms with Crippen LogP contribution in [0.5, 0.6) is 0 Å². The minimum atomic E-state index is 0.186. The average Bonchev–Trinajstić information content (AvgIpc) is 2.42. The minimum absolute atomic E-state index is 0.186. The van der Waals surface area contributed by atoms with Crippen molar-refractivity contribution in [2.45, 2.75) is 19.8 Å². The van der Waals surface area contributed by atoms with Crippen LogP contribution in [0.3, 0.4) is 0 Å². The summed E-state index contributed by atoms with van der Waals surface area (Å²) < 4.78 is 0.942. The number of amides is 1. The fourth-order valence-corrected chi connectivity index (χ4v) is 2.55. The number of halogens is 1. The van der Waals surface area contributed by atoms with Gasteiger partial charge in [0.05, 0.1) is 6.42 Å². The molecule has 0 aliphatic carbocycles. The Morgan fingerprint density at radius 2 is 2.05 bits per heavy atom. The molecule has 1 fully saturated rings. The summed E-state index contributed by atoms with van der Waals surface area (Å²) >= 11 is 3.35. The van der Waals surface area contributed by atoms with Crippen molar-refractivity contribution in [2.75, 3.05) is 32.7 Å². The van der Waals surface area contributed by atoms with E-state index in [4.69, 9.17) is 0 Å². The van der Waals surface area contributed by atoms with Crippen LogP contribution in [0.2, 0.25) is 0 Å². The average molecular weight is 326 g/mol. The summed E-state index contributed by atoms with van der Waals surface area (Å²) in [5, 5.41) is 0. The summed E-state index contributed by atoms with van der Waals surface area (Å²) in [4.78, 5) is 20.8. The van der Waals surface area contributed by atoms with E-state index in [-0.39, 0.29) is 5.91 Å². The number of aromatic nitrogens is 1. The van der Waals surface area contributed by atoms with Gasteiger partial charge < -0.3 is 4.90 Å². The normalized spacial score (nSPS) is 16.6. The van der Waals surface area contributed by atoms with E-state index >= 15 is 0 Å². The molecule has 1 aromatic rings. The number of hydrogen-bond acceptors (Lipinski definition) is 3. The zero-order valence-electron chi connectivity index (χ0n) is 11.3. The van der Waals surface area contributed by atoms with Crippen LogP contribution in [0.4, 0.5) is 0 Å². The molecule has 0 atom stereocenters. The van der Waals surface area contributed by atoms with Crippen LogP contribution in [-0.4, -0.2) is 53.4 Å². The maximum atomic E-state index is 12.2. The Morgan fingerprint density at radius 3 is 2.63 bits per heavy atom. The number of piperazine rings is 1. The van der Waals surface area contributed by atoms with Crippen LogP contribution in [0, 0.1) is 0 Å². The van der Waals surface area contributed by atoms with Crippen molar-refractivity contribution < 1.29 is 4.79 Å². The number of hydrogen-bond donors (Lipinski definition) is 0. The van der Waals surface area contributed by atoms with Gasteiger partial charge in [-0.05, 0) is 41.0 Å². The molecule has 0 saturated carbocycles. The Hall–Kier alpha value is -0.940. The van der Waals surface area contributed by atoms with Crippen molar-refractivity contribution in [3.63, 3.8) is 0 Å². The summed E-state index contributed by atoms with van der Waals surface area (Å²) in [7, 11) is 0. The van der Waals surface area contributed by atoms with E-state index in [0.29, 0.717) is 6.42 Å². The van der Waals surface area contributed by atoms with Crippen molar-refractivity contribution in [1.82, 2.24) is 14.8 Å². The van der Waals surface area contributed by atoms with E-state index in [1.807, 2.05) is 17.0 Å². The molecule has 1 aliphatic rings. The second kappa shape index (κ2) is 7.01. The third-order valence-corrected chi connectivity index (χ3v) is 3.85. The summed E-state index contributed by atoms with van der Waals surface area (Å²) in [5.41, 5.74) is 0.837. The molecule has 0 N–H and O–H groups in total. The molecule has 1 saturated heterocycles. The van der Waals surface area contributed by atoms with E-state index in [1.54, 1.807) is 6.20 Å². The van der Waals surface area contributed by atoms with E-state index in [0.717, 1.165) is 42.9 Å². The van der Waals surface area contributed by atoms with Crippen molar-refractivity contribution in [3.05, 3.63) is 28.5 Å². The third kappa shape index (κ3) is 4.28. The second-order valence-corrected chi connectivity index (χ2v) is 5.78. The molecule has 2 heterocycles. The number of nitrogens with zero attached hydrogens (tertiary/aromatic N) is 3. The van der Waals surface area contributed by atoms with Crippen LogP contribution in [-0.2, 0) is 11.2 Å². The van der Waals surface area contributed by atoms with Gasteiger partial charge in [0, 0.05) is 42.5 Å². The number of carbonyl (C=O) groups excluding carboxylic acids is 1. The Bertz CT molecular complexity index is 413. The van der Waals surface area contributed by atoms with Crippen LogP contribution in [0.15, 0.2) is 22.8 Å². The van der Waals surface area contributed by atoms with E-state index in [1.165, 1.54) is 6.42 Å². The molecular weight excluding hydrogens is 306 g/mol. The predicted molar refractivity (Wildman–Crippen MR) is 79.0 cm³/mol. The van der Waals surface area contributed by atoms with Crippen molar-refractivity contribution in [3.8, 4) is 0 Å². The topological polar surface area (TPSA) is 36.4 Å². The van der Waals surface area contributed by atoms with Gasteiger partial charge in [-0.3, -0.25) is 14.7 Å². The first kappa shape index (κ1) is 14.5. The molecule has 0 spiro atoms. The molecule has 104 valence electrons. The molecule has 0 aromatic carbocycles. The molecule has 2 rings (SSSR count). The van der Waals surface area contributed by atoms with Crippen LogP contribution < -0.4 is 0 Å². The summed E-state index contributed by atoms with van der Waals surface area (Å²) in [6.45, 7) is 7.00. The molecule has 4 nitrogen and oxygen atoms in total. The van der Waals surface area contributed by atoms with Crippen molar-refractivity contribution >= 4 is 21.8 Å². The lowest BCUT2D eigenvalue weighted by Gasteiger charge is -2.34. The van der Waals surface area contributed by atoms with Crippen LogP contribution in [0.1, 0.15) is 19.0 Å². The van der Waals surface area contributed by atoms with E-state index in [9.17, 15) is 4.79 Å². The lowest BCUT2D eigenvalue weighted by molar-refractivity contribution is -0.132. The molecule has 0 bridgehead atoms. The van der Waals surface area contributed by atoms with Gasteiger partial charge >= 0.3 is 0 Å². The molecular formula is C14H20BrN3O. The molecule has 5 heteroatoms. The third-order valence-electron chi connectivity index (χ3n) is 3.39. The van der Waals surface area contributed by atoms with Gasteiger partial charge in [0.1, 0.15) is 0 Å². The maximum absolute atomic E-state index is 12.2. The Labute approximate surface area is 122 Å². The Morgan fingerprint density at radius 1 is 1.32 bits per heavy atom. The van der Waals surface area contributed by atoms with Crippen LogP contribution in [0.25, 0.3) is 0 Å². The Balaban J connectivity index is 1.83. The van der Waals surface area contributed by atoms with Gasteiger partial charge in [0.15, 0.2) is 0 Å². The smallest absolute Gasteiger partial charge is 0.228 e. The highest BCUT2D eigenvalue weighted by atomic mass is 79.9. The van der Waals surface area contributed by atoms with E-state index in [2.05, 4.69) is 32.7 Å². The first-order valence-electron chi connectivity index (χ1n) is 6.79. The molecule has 1 amide bonds. The van der Waals surface area contributed by atoms with Crippen molar-refractivity contribution in [1.29, 1.82) is 0 Å². The summed E-state index contributed by atoms with van der Waals surface area (Å²) in [6.07, 6.45) is 3.32. The highest BCUT2D eigenvalue weighted by Crippen LogP contribution is 2.10. The summed E-state index contributed by atoms with van der Waals surface area (Å²) in [6, 6.07) is 3.82. The maximum Gasteiger partial charge on any atom is 0.228 e. The van der Waals surface area contributed by atoms with Gasteiger partial charge in [0.25, 0.3) is 0 Å². The minimum Gasteiger partial charge on any atom is -0.340 e. The second-order valence-electron chi connectivity index (χ2n) is 4.87. The standard InChI is InChI=1S/C14H20BrN3O/c1-2-5-17-6-8-18(9-7-17)14(19)10-13-4-3-12(15)11-16-13/h3-4,11H,2,5-10H2,1H3. The molecule has 0 unspecified atom stereocenters. The number of rotatable bonds is 4. The zero-order valence-corrected chi connectivity index (χ0v) is 12.9. The SMILES string of the molecule is CCCN1CCN(C(=O)Cc2ccc(Br)cn2)CC1. The van der Waals surface area contributed by atoms with E-state index < -0.39 is 0 Å². The van der Waals surface area contributed by atoms with Crippen molar-refractivity contribution in [2.24, 2.45) is 0 Å². The quantitative estimate of drug-likeness (QED) is 0.848. The predicted octanol–water partition coefficient (Wildman–Crippen LogP) is 1.94. The highest BCUT2D eigenvalue weighted by molar-refractivity contribution is 9.10. The summed E-state index contributed by atoms with van der Waals surface area (Å²) in [5.74, 6) is 0.186. The van der Waals surface area contributed by atoms with Gasteiger partial charge in [-0.2, -0.15) is 0 Å². The molecule has 1 aromatic heterocycles. The lowest BCUT2D eigenvalue weighted by Crippen LogP contribution is -2.49. The molecule has 1 aliphatic heterocycles. The number of carbonyl (C=O) groups is 1. The Kier molecular flexibility index (Phi) is 5.34. The first-order chi connectivity index (χ1) is 9.19. The zero-order chi connectivity index (χ0) is 13.7. The van der Waals surface area contributed by atoms with Crippen LogP contribution >= 0.6 is 15.9 Å². The number of pyridine rings is 1. The fraction of sp³-hybridized carbons (Fsp3) is 0.571. The first-order valence-corrected chi connectivity index (χ1v) is 7.59. The lowest BCUT2D eigenvalue weighted by atomic mass is 10.2. The van der Waals surface area contributed by atoms with Gasteiger partial charge in [-0.25, -0.2) is 0 Å². The molecule has 0 radical (unpaired) electrons. The van der Waals surface area contributed by atoms with Gasteiger partial charge in [0.2, 0.25) is 5.91 Å².